The Hall–Kier alpha value is -1.99. The van der Waals surface area contributed by atoms with Crippen LogP contribution >= 0.6 is 12.2 Å². The monoisotopic (exact) mass is 293 g/mol. The van der Waals surface area contributed by atoms with E-state index >= 15 is 0 Å². The van der Waals surface area contributed by atoms with Crippen LogP contribution in [0.4, 0.5) is 0 Å². The highest BCUT2D eigenvalue weighted by atomic mass is 32.1. The third-order valence-electron chi connectivity index (χ3n) is 3.01. The molecule has 1 aromatic rings. The van der Waals surface area contributed by atoms with E-state index in [1.165, 1.54) is 0 Å². The highest BCUT2D eigenvalue weighted by Crippen LogP contribution is 2.27. The summed E-state index contributed by atoms with van der Waals surface area (Å²) in [6, 6.07) is 7.82. The Bertz CT molecular complexity index is 549. The number of amides is 1. The molecule has 106 valence electrons. The maximum absolute atomic E-state index is 12.2. The van der Waals surface area contributed by atoms with Crippen molar-refractivity contribution in [3.8, 4) is 0 Å². The number of hydrogen-bond donors (Lipinski definition) is 3. The molecule has 0 saturated carbocycles. The molecule has 1 amide bonds. The van der Waals surface area contributed by atoms with Crippen LogP contribution < -0.4 is 16.4 Å². The van der Waals surface area contributed by atoms with Gasteiger partial charge in [-0.25, -0.2) is 0 Å². The van der Waals surface area contributed by atoms with E-state index in [9.17, 15) is 9.59 Å². The molecule has 1 aliphatic rings. The van der Waals surface area contributed by atoms with Gasteiger partial charge in [-0.15, -0.1) is 0 Å². The topological polar surface area (TPSA) is 93.5 Å². The highest BCUT2D eigenvalue weighted by Gasteiger charge is 2.50. The third kappa shape index (κ3) is 2.50. The normalized spacial score (nSPS) is 22.9. The molecule has 0 aromatic heterocycles. The molecule has 20 heavy (non-hydrogen) atoms. The molecular weight excluding hydrogens is 278 g/mol. The zero-order valence-electron chi connectivity index (χ0n) is 10.9. The molecule has 6 nitrogen and oxygen atoms in total. The van der Waals surface area contributed by atoms with Crippen LogP contribution in [0.3, 0.4) is 0 Å². The average Bonchev–Trinajstić information content (AvgIpc) is 2.74. The van der Waals surface area contributed by atoms with Crippen molar-refractivity contribution in [2.45, 2.75) is 25.1 Å². The van der Waals surface area contributed by atoms with Crippen molar-refractivity contribution >= 4 is 29.2 Å². The Morgan fingerprint density at radius 1 is 1.45 bits per heavy atom. The van der Waals surface area contributed by atoms with E-state index in [4.69, 9.17) is 22.7 Å². The van der Waals surface area contributed by atoms with Gasteiger partial charge in [-0.2, -0.15) is 0 Å². The van der Waals surface area contributed by atoms with Crippen molar-refractivity contribution in [3.63, 3.8) is 0 Å². The first-order valence-corrected chi connectivity index (χ1v) is 6.58. The lowest BCUT2D eigenvalue weighted by atomic mass is 10.0. The Labute approximate surface area is 121 Å². The molecule has 0 bridgehead atoms. The van der Waals surface area contributed by atoms with Crippen molar-refractivity contribution < 1.29 is 14.3 Å². The van der Waals surface area contributed by atoms with Gasteiger partial charge in [-0.3, -0.25) is 14.9 Å². The summed E-state index contributed by atoms with van der Waals surface area (Å²) in [5.41, 5.74) is 4.47. The summed E-state index contributed by atoms with van der Waals surface area (Å²) >= 11 is 4.93. The largest absolute Gasteiger partial charge is 0.424 e. The van der Waals surface area contributed by atoms with Crippen molar-refractivity contribution in [1.29, 1.82) is 0 Å². The van der Waals surface area contributed by atoms with Gasteiger partial charge < -0.3 is 15.8 Å². The number of ether oxygens (including phenoxy) is 1. The molecule has 0 radical (unpaired) electrons. The van der Waals surface area contributed by atoms with Crippen LogP contribution in [0.5, 0.6) is 0 Å². The van der Waals surface area contributed by atoms with Crippen LogP contribution in [0, 0.1) is 0 Å². The molecule has 2 atom stereocenters. The predicted octanol–water partition coefficient (Wildman–Crippen LogP) is 0.124. The minimum absolute atomic E-state index is 0.108. The molecule has 1 saturated heterocycles. The number of carbonyl (C=O) groups excluding carboxylic acids is 2. The van der Waals surface area contributed by atoms with E-state index in [1.807, 2.05) is 0 Å². The van der Waals surface area contributed by atoms with Crippen LogP contribution in [0.2, 0.25) is 0 Å². The van der Waals surface area contributed by atoms with Crippen molar-refractivity contribution in [1.82, 2.24) is 10.6 Å². The molecule has 2 unspecified atom stereocenters. The van der Waals surface area contributed by atoms with Gasteiger partial charge in [-0.05, 0) is 18.6 Å². The van der Waals surface area contributed by atoms with Gasteiger partial charge in [0.1, 0.15) is 6.04 Å². The van der Waals surface area contributed by atoms with E-state index in [0.717, 1.165) is 0 Å². The Morgan fingerprint density at radius 2 is 2.10 bits per heavy atom. The molecule has 1 heterocycles. The fourth-order valence-corrected chi connectivity index (χ4v) is 2.08. The van der Waals surface area contributed by atoms with Gasteiger partial charge in [0.2, 0.25) is 0 Å². The molecule has 7 heteroatoms. The Kier molecular flexibility index (Phi) is 4.01. The summed E-state index contributed by atoms with van der Waals surface area (Å²) < 4.78 is 5.35. The van der Waals surface area contributed by atoms with Gasteiger partial charge in [-0.1, -0.05) is 37.3 Å². The minimum atomic E-state index is -1.65. The molecule has 0 aliphatic carbocycles. The summed E-state index contributed by atoms with van der Waals surface area (Å²) in [6.45, 7) is 1.76. The van der Waals surface area contributed by atoms with E-state index < -0.39 is 23.6 Å². The third-order valence-corrected chi connectivity index (χ3v) is 3.22. The van der Waals surface area contributed by atoms with Gasteiger partial charge in [0, 0.05) is 5.56 Å². The maximum atomic E-state index is 12.2. The zero-order valence-corrected chi connectivity index (χ0v) is 11.7. The summed E-state index contributed by atoms with van der Waals surface area (Å²) in [4.78, 5) is 24.1. The molecule has 4 N–H and O–H groups in total. The minimum Gasteiger partial charge on any atom is -0.424 e. The van der Waals surface area contributed by atoms with Crippen LogP contribution in [0.1, 0.15) is 18.9 Å². The molecule has 0 spiro atoms. The van der Waals surface area contributed by atoms with Gasteiger partial charge >= 0.3 is 5.97 Å². The van der Waals surface area contributed by atoms with E-state index in [2.05, 4.69) is 10.6 Å². The van der Waals surface area contributed by atoms with Crippen LogP contribution in [0.15, 0.2) is 30.3 Å². The number of thiocarbonyl (C=S) groups is 1. The maximum Gasteiger partial charge on any atom is 0.325 e. The molecule has 1 fully saturated rings. The number of benzene rings is 1. The predicted molar refractivity (Wildman–Crippen MR) is 76.4 cm³/mol. The van der Waals surface area contributed by atoms with E-state index in [1.54, 1.807) is 37.3 Å². The molecule has 1 aromatic carbocycles. The summed E-state index contributed by atoms with van der Waals surface area (Å²) in [5, 5.41) is 5.26. The molecule has 1 aliphatic heterocycles. The number of nitrogens with one attached hydrogen (secondary N) is 2. The summed E-state index contributed by atoms with van der Waals surface area (Å²) in [7, 11) is 0. The van der Waals surface area contributed by atoms with Gasteiger partial charge in [0.15, 0.2) is 5.11 Å². The van der Waals surface area contributed by atoms with Gasteiger partial charge in [0.25, 0.3) is 11.6 Å². The van der Waals surface area contributed by atoms with Gasteiger partial charge in [0.05, 0.1) is 0 Å². The van der Waals surface area contributed by atoms with Crippen LogP contribution in [-0.4, -0.2) is 23.0 Å². The first-order valence-electron chi connectivity index (χ1n) is 6.17. The standard InChI is InChI=1S/C13H15N3O3S/c1-2-9(14)10(17)19-13(8-6-4-3-5-7-8)11(18)15-12(20)16-13/h3-7,9H,2,14H2,1H3,(H2,15,16,18,20). The van der Waals surface area contributed by atoms with E-state index in [-0.39, 0.29) is 5.11 Å². The summed E-state index contributed by atoms with van der Waals surface area (Å²) in [5.74, 6) is -1.20. The lowest BCUT2D eigenvalue weighted by Crippen LogP contribution is -2.50. The van der Waals surface area contributed by atoms with Crippen molar-refractivity contribution in [2.24, 2.45) is 5.73 Å². The average molecular weight is 293 g/mol. The summed E-state index contributed by atoms with van der Waals surface area (Å²) in [6.07, 6.45) is 0.412. The van der Waals surface area contributed by atoms with Crippen LogP contribution in [0.25, 0.3) is 0 Å². The first kappa shape index (κ1) is 14.4. The number of carbonyl (C=O) groups is 2. The smallest absolute Gasteiger partial charge is 0.325 e. The Morgan fingerprint density at radius 3 is 2.60 bits per heavy atom. The van der Waals surface area contributed by atoms with Crippen molar-refractivity contribution in [3.05, 3.63) is 35.9 Å². The number of hydrogen-bond acceptors (Lipinski definition) is 5. The second kappa shape index (κ2) is 5.56. The second-order valence-electron chi connectivity index (χ2n) is 4.39. The Balaban J connectivity index is 2.39. The SMILES string of the molecule is CCC(N)C(=O)OC1(c2ccccc2)NC(=S)NC1=O. The highest BCUT2D eigenvalue weighted by molar-refractivity contribution is 7.80. The number of rotatable bonds is 4. The first-order chi connectivity index (χ1) is 9.49. The van der Waals surface area contributed by atoms with E-state index in [0.29, 0.717) is 12.0 Å². The second-order valence-corrected chi connectivity index (χ2v) is 4.80. The fraction of sp³-hybridized carbons (Fsp3) is 0.308. The van der Waals surface area contributed by atoms with Crippen LogP contribution in [-0.2, 0) is 20.1 Å². The number of nitrogens with two attached hydrogens (primary N) is 1. The van der Waals surface area contributed by atoms with Crippen molar-refractivity contribution in [2.75, 3.05) is 0 Å². The quantitative estimate of drug-likeness (QED) is 0.539. The number of esters is 1. The fourth-order valence-electron chi connectivity index (χ4n) is 1.84. The molecular formula is C13H15N3O3S. The lowest BCUT2D eigenvalue weighted by molar-refractivity contribution is -0.171. The molecule has 2 rings (SSSR count). The lowest BCUT2D eigenvalue weighted by Gasteiger charge is -2.27. The zero-order chi connectivity index (χ0) is 14.8.